The van der Waals surface area contributed by atoms with Crippen molar-refractivity contribution < 1.29 is 0 Å². The second-order valence-electron chi connectivity index (χ2n) is 5.27. The molecule has 0 aromatic carbocycles. The first-order valence-corrected chi connectivity index (χ1v) is 10.5. The quantitative estimate of drug-likeness (QED) is 0.306. The molecule has 23 heavy (non-hydrogen) atoms. The van der Waals surface area contributed by atoms with Gasteiger partial charge in [-0.2, -0.15) is 0 Å². The molecule has 4 nitrogen and oxygen atoms in total. The van der Waals surface area contributed by atoms with E-state index >= 15 is 0 Å². The summed E-state index contributed by atoms with van der Waals surface area (Å²) < 4.78 is 1.15. The van der Waals surface area contributed by atoms with Gasteiger partial charge < -0.3 is 10.6 Å². The summed E-state index contributed by atoms with van der Waals surface area (Å²) in [6, 6.07) is 4.32. The Morgan fingerprint density at radius 3 is 2.96 bits per heavy atom. The van der Waals surface area contributed by atoms with Crippen LogP contribution in [0.1, 0.15) is 18.2 Å². The third-order valence-electron chi connectivity index (χ3n) is 3.22. The van der Waals surface area contributed by atoms with Gasteiger partial charge in [0.15, 0.2) is 5.96 Å². The van der Waals surface area contributed by atoms with E-state index in [9.17, 15) is 0 Å². The van der Waals surface area contributed by atoms with Gasteiger partial charge in [-0.05, 0) is 30.2 Å². The number of aromatic nitrogens is 1. The monoisotopic (exact) mass is 368 g/mol. The lowest BCUT2D eigenvalue weighted by Gasteiger charge is -2.15. The fourth-order valence-corrected chi connectivity index (χ4v) is 4.57. The van der Waals surface area contributed by atoms with Crippen molar-refractivity contribution in [3.05, 3.63) is 34.0 Å². The lowest BCUT2D eigenvalue weighted by molar-refractivity contribution is 0.562. The third-order valence-corrected chi connectivity index (χ3v) is 6.17. The number of aliphatic imine (C=N–C) groups is 1. The number of guanidine groups is 1. The van der Waals surface area contributed by atoms with Crippen molar-refractivity contribution in [2.45, 2.75) is 24.1 Å². The highest BCUT2D eigenvalue weighted by Gasteiger charge is 2.06. The summed E-state index contributed by atoms with van der Waals surface area (Å²) in [6.07, 6.45) is 4.07. The van der Waals surface area contributed by atoms with Gasteiger partial charge in [0.25, 0.3) is 0 Å². The minimum absolute atomic E-state index is 0.590. The minimum Gasteiger partial charge on any atom is -0.356 e. The van der Waals surface area contributed by atoms with Crippen molar-refractivity contribution in [1.82, 2.24) is 15.6 Å². The van der Waals surface area contributed by atoms with E-state index in [0.717, 1.165) is 42.0 Å². The van der Waals surface area contributed by atoms with Crippen LogP contribution in [-0.4, -0.2) is 36.8 Å². The molecule has 0 bridgehead atoms. The van der Waals surface area contributed by atoms with Crippen LogP contribution in [0.25, 0.3) is 0 Å². The Bertz CT molecular complexity index is 552. The fraction of sp³-hybridized carbons (Fsp3) is 0.500. The summed E-state index contributed by atoms with van der Waals surface area (Å²) in [5, 5.41) is 10.9. The van der Waals surface area contributed by atoms with Gasteiger partial charge in [-0.3, -0.25) is 4.99 Å². The summed E-state index contributed by atoms with van der Waals surface area (Å²) in [5.74, 6) is 2.56. The van der Waals surface area contributed by atoms with E-state index in [1.165, 1.54) is 4.88 Å². The molecule has 0 saturated carbocycles. The van der Waals surface area contributed by atoms with Crippen LogP contribution in [0.4, 0.5) is 0 Å². The Morgan fingerprint density at radius 1 is 1.35 bits per heavy atom. The zero-order valence-electron chi connectivity index (χ0n) is 13.6. The Balaban J connectivity index is 1.56. The average Bonchev–Trinajstić information content (AvgIpc) is 3.23. The highest BCUT2D eigenvalue weighted by atomic mass is 32.2. The predicted molar refractivity (Wildman–Crippen MR) is 104 cm³/mol. The number of thiazole rings is 1. The Labute approximate surface area is 150 Å². The van der Waals surface area contributed by atoms with Gasteiger partial charge in [0.05, 0.1) is 0 Å². The normalized spacial score (nSPS) is 13.0. The largest absolute Gasteiger partial charge is 0.356 e. The van der Waals surface area contributed by atoms with Crippen molar-refractivity contribution in [2.75, 3.05) is 25.9 Å². The van der Waals surface area contributed by atoms with Crippen molar-refractivity contribution in [2.24, 2.45) is 10.9 Å². The smallest absolute Gasteiger partial charge is 0.190 e. The molecule has 0 aliphatic carbocycles. The maximum absolute atomic E-state index is 4.28. The van der Waals surface area contributed by atoms with Gasteiger partial charge in [-0.1, -0.05) is 24.8 Å². The van der Waals surface area contributed by atoms with Crippen LogP contribution in [0.2, 0.25) is 0 Å². The van der Waals surface area contributed by atoms with Crippen LogP contribution < -0.4 is 10.6 Å². The van der Waals surface area contributed by atoms with Gasteiger partial charge in [-0.25, -0.2) is 4.98 Å². The highest BCUT2D eigenvalue weighted by Crippen LogP contribution is 2.20. The molecule has 0 radical (unpaired) electrons. The molecule has 2 aromatic heterocycles. The molecule has 2 rings (SSSR count). The second-order valence-corrected chi connectivity index (χ2v) is 8.54. The van der Waals surface area contributed by atoms with Crippen LogP contribution in [0.15, 0.2) is 38.4 Å². The van der Waals surface area contributed by atoms with E-state index < -0.39 is 0 Å². The SMILES string of the molecule is CN=C(NCCCSc1nccs1)NCC(C)Cc1cccs1. The summed E-state index contributed by atoms with van der Waals surface area (Å²) in [4.78, 5) is 10.0. The topological polar surface area (TPSA) is 49.3 Å². The Morgan fingerprint density at radius 2 is 2.26 bits per heavy atom. The molecule has 2 heterocycles. The van der Waals surface area contributed by atoms with E-state index in [-0.39, 0.29) is 0 Å². The number of thiophene rings is 1. The first-order chi connectivity index (χ1) is 11.3. The third kappa shape index (κ3) is 7.37. The summed E-state index contributed by atoms with van der Waals surface area (Å²) in [6.45, 7) is 4.13. The standard InChI is InChI=1S/C16H24N4S3/c1-13(11-14-5-3-8-21-14)12-20-15(17-2)18-6-4-9-22-16-19-7-10-23-16/h3,5,7-8,10,13H,4,6,9,11-12H2,1-2H3,(H2,17,18,20). The molecule has 0 saturated heterocycles. The first kappa shape index (κ1) is 18.3. The van der Waals surface area contributed by atoms with Crippen LogP contribution in [0, 0.1) is 5.92 Å². The van der Waals surface area contributed by atoms with E-state index in [2.05, 4.69) is 45.0 Å². The van der Waals surface area contributed by atoms with E-state index in [1.54, 1.807) is 11.3 Å². The molecule has 0 aliphatic rings. The van der Waals surface area contributed by atoms with Crippen LogP contribution in [0.3, 0.4) is 0 Å². The molecule has 0 amide bonds. The van der Waals surface area contributed by atoms with Crippen molar-refractivity contribution in [3.8, 4) is 0 Å². The molecule has 2 aromatic rings. The van der Waals surface area contributed by atoms with Gasteiger partial charge in [-0.15, -0.1) is 22.7 Å². The summed E-state index contributed by atoms with van der Waals surface area (Å²) >= 11 is 5.34. The van der Waals surface area contributed by atoms with Crippen LogP contribution in [-0.2, 0) is 6.42 Å². The predicted octanol–water partition coefficient (Wildman–Crippen LogP) is 3.73. The van der Waals surface area contributed by atoms with Crippen LogP contribution >= 0.6 is 34.4 Å². The van der Waals surface area contributed by atoms with E-state index in [4.69, 9.17) is 0 Å². The summed E-state index contributed by atoms with van der Waals surface area (Å²) in [7, 11) is 1.82. The maximum atomic E-state index is 4.28. The maximum Gasteiger partial charge on any atom is 0.190 e. The zero-order chi connectivity index (χ0) is 16.3. The minimum atomic E-state index is 0.590. The van der Waals surface area contributed by atoms with Crippen molar-refractivity contribution in [3.63, 3.8) is 0 Å². The fourth-order valence-electron chi connectivity index (χ4n) is 2.06. The number of nitrogens with zero attached hydrogens (tertiary/aromatic N) is 2. The number of hydrogen-bond donors (Lipinski definition) is 2. The van der Waals surface area contributed by atoms with Gasteiger partial charge in [0, 0.05) is 42.3 Å². The molecule has 1 atom stereocenters. The molecular weight excluding hydrogens is 344 g/mol. The lowest BCUT2D eigenvalue weighted by Crippen LogP contribution is -2.40. The van der Waals surface area contributed by atoms with Gasteiger partial charge in [0.2, 0.25) is 0 Å². The highest BCUT2D eigenvalue weighted by molar-refractivity contribution is 8.00. The molecule has 1 unspecified atom stereocenters. The Hall–Kier alpha value is -1.05. The van der Waals surface area contributed by atoms with Crippen molar-refractivity contribution >= 4 is 40.4 Å². The second kappa shape index (κ2) is 10.7. The molecule has 0 aliphatic heterocycles. The molecule has 126 valence electrons. The first-order valence-electron chi connectivity index (χ1n) is 7.77. The number of rotatable bonds is 9. The molecule has 7 heteroatoms. The van der Waals surface area contributed by atoms with Gasteiger partial charge >= 0.3 is 0 Å². The number of hydrogen-bond acceptors (Lipinski definition) is 5. The molecular formula is C16H24N4S3. The Kier molecular flexibility index (Phi) is 8.49. The van der Waals surface area contributed by atoms with Crippen molar-refractivity contribution in [1.29, 1.82) is 0 Å². The molecule has 2 N–H and O–H groups in total. The molecule has 0 fully saturated rings. The summed E-state index contributed by atoms with van der Waals surface area (Å²) in [5.41, 5.74) is 0. The average molecular weight is 369 g/mol. The zero-order valence-corrected chi connectivity index (χ0v) is 16.1. The van der Waals surface area contributed by atoms with E-state index in [1.807, 2.05) is 41.7 Å². The lowest BCUT2D eigenvalue weighted by atomic mass is 10.1. The van der Waals surface area contributed by atoms with Crippen LogP contribution in [0.5, 0.6) is 0 Å². The number of nitrogens with one attached hydrogen (secondary N) is 2. The van der Waals surface area contributed by atoms with Gasteiger partial charge in [0.1, 0.15) is 4.34 Å². The van der Waals surface area contributed by atoms with E-state index in [0.29, 0.717) is 5.92 Å². The number of thioether (sulfide) groups is 1. The molecule has 0 spiro atoms.